The molecule has 11 heavy (non-hydrogen) atoms. The minimum absolute atomic E-state index is 0.227. The number of thioether (sulfide) groups is 1. The average Bonchev–Trinajstić information content (AvgIpc) is 2.01. The Morgan fingerprint density at radius 1 is 1.64 bits per heavy atom. The number of isothiocyanates is 1. The number of aliphatic imine (C=N–C) groups is 1. The van der Waals surface area contributed by atoms with Crippen molar-refractivity contribution >= 4 is 29.1 Å². The third-order valence-corrected chi connectivity index (χ3v) is 2.07. The Labute approximate surface area is 77.1 Å². The minimum atomic E-state index is -0.227. The molecule has 64 valence electrons. The van der Waals surface area contributed by atoms with E-state index in [4.69, 9.17) is 0 Å². The molecular weight excluding hydrogens is 178 g/mol. The summed E-state index contributed by atoms with van der Waals surface area (Å²) in [6.07, 6.45) is 3.34. The Hall–Kier alpha value is 0.110. The summed E-state index contributed by atoms with van der Waals surface area (Å²) in [6.45, 7) is 0.596. The molecule has 2 nitrogen and oxygen atoms in total. The maximum atomic E-state index is 9.27. The van der Waals surface area contributed by atoms with Crippen LogP contribution in [0, 0.1) is 0 Å². The van der Waals surface area contributed by atoms with Crippen LogP contribution in [0.4, 0.5) is 0 Å². The van der Waals surface area contributed by atoms with E-state index in [0.717, 1.165) is 12.2 Å². The van der Waals surface area contributed by atoms with Crippen LogP contribution in [0.2, 0.25) is 0 Å². The molecular formula is C7H13NOS2. The van der Waals surface area contributed by atoms with Gasteiger partial charge in [-0.15, -0.1) is 0 Å². The van der Waals surface area contributed by atoms with Gasteiger partial charge in [0.2, 0.25) is 0 Å². The van der Waals surface area contributed by atoms with E-state index in [9.17, 15) is 5.11 Å². The molecule has 0 fully saturated rings. The topological polar surface area (TPSA) is 32.6 Å². The lowest BCUT2D eigenvalue weighted by Gasteiger charge is -2.05. The lowest BCUT2D eigenvalue weighted by Crippen LogP contribution is -2.08. The van der Waals surface area contributed by atoms with Gasteiger partial charge in [-0.05, 0) is 37.1 Å². The summed E-state index contributed by atoms with van der Waals surface area (Å²) >= 11 is 6.13. The van der Waals surface area contributed by atoms with Crippen LogP contribution >= 0.6 is 24.0 Å². The molecule has 0 aromatic carbocycles. The lowest BCUT2D eigenvalue weighted by atomic mass is 10.2. The fraction of sp³-hybridized carbons (Fsp3) is 0.857. The van der Waals surface area contributed by atoms with Crippen molar-refractivity contribution in [3.8, 4) is 0 Å². The average molecular weight is 191 g/mol. The van der Waals surface area contributed by atoms with Gasteiger partial charge < -0.3 is 5.11 Å². The number of aliphatic hydroxyl groups is 1. The number of thiocarbonyl (C=S) groups is 1. The third kappa shape index (κ3) is 8.01. The van der Waals surface area contributed by atoms with Crippen LogP contribution in [0.15, 0.2) is 4.99 Å². The lowest BCUT2D eigenvalue weighted by molar-refractivity contribution is 0.164. The van der Waals surface area contributed by atoms with E-state index in [1.165, 1.54) is 0 Å². The molecule has 0 saturated carbocycles. The summed E-state index contributed by atoms with van der Waals surface area (Å²) in [5, 5.41) is 11.5. The summed E-state index contributed by atoms with van der Waals surface area (Å²) in [4.78, 5) is 3.72. The first-order valence-electron chi connectivity index (χ1n) is 3.52. The highest BCUT2D eigenvalue weighted by atomic mass is 32.2. The quantitative estimate of drug-likeness (QED) is 0.511. The normalized spacial score (nSPS) is 12.2. The van der Waals surface area contributed by atoms with Crippen molar-refractivity contribution in [2.75, 3.05) is 18.6 Å². The largest absolute Gasteiger partial charge is 0.393 e. The fourth-order valence-electron chi connectivity index (χ4n) is 0.657. The van der Waals surface area contributed by atoms with Crippen LogP contribution in [-0.4, -0.2) is 34.9 Å². The molecule has 0 aliphatic heterocycles. The zero-order valence-corrected chi connectivity index (χ0v) is 8.25. The molecule has 0 aromatic rings. The zero-order chi connectivity index (χ0) is 8.53. The monoisotopic (exact) mass is 191 g/mol. The predicted octanol–water partition coefficient (Wildman–Crippen LogP) is 1.59. The number of aliphatic hydroxyl groups excluding tert-OH is 1. The first kappa shape index (κ1) is 11.1. The summed E-state index contributed by atoms with van der Waals surface area (Å²) in [7, 11) is 0. The van der Waals surface area contributed by atoms with Crippen LogP contribution in [-0.2, 0) is 0 Å². The third-order valence-electron chi connectivity index (χ3n) is 1.29. The Morgan fingerprint density at radius 3 is 2.91 bits per heavy atom. The molecule has 1 atom stereocenters. The Balaban J connectivity index is 3.21. The van der Waals surface area contributed by atoms with Crippen molar-refractivity contribution in [2.45, 2.75) is 18.9 Å². The standard InChI is InChI=1S/C7H13NOS2/c1-11-5-3-7(9)2-4-8-6-10/h7,9H,2-5H2,1H3. The van der Waals surface area contributed by atoms with Crippen LogP contribution in [0.25, 0.3) is 0 Å². The molecule has 0 heterocycles. The maximum absolute atomic E-state index is 9.27. The highest BCUT2D eigenvalue weighted by Gasteiger charge is 2.01. The van der Waals surface area contributed by atoms with Gasteiger partial charge in [-0.25, -0.2) is 4.99 Å². The number of hydrogen-bond donors (Lipinski definition) is 1. The van der Waals surface area contributed by atoms with E-state index in [1.54, 1.807) is 11.8 Å². The first-order valence-corrected chi connectivity index (χ1v) is 5.32. The molecule has 0 aliphatic carbocycles. The molecule has 0 saturated heterocycles. The van der Waals surface area contributed by atoms with Gasteiger partial charge in [0, 0.05) is 0 Å². The molecule has 0 radical (unpaired) electrons. The predicted molar refractivity (Wildman–Crippen MR) is 53.5 cm³/mol. The first-order chi connectivity index (χ1) is 5.31. The van der Waals surface area contributed by atoms with Crippen LogP contribution < -0.4 is 0 Å². The van der Waals surface area contributed by atoms with Gasteiger partial charge >= 0.3 is 0 Å². The molecule has 1 N–H and O–H groups in total. The van der Waals surface area contributed by atoms with Gasteiger partial charge in [0.25, 0.3) is 0 Å². The Kier molecular flexibility index (Phi) is 8.29. The maximum Gasteiger partial charge on any atom is 0.0584 e. The van der Waals surface area contributed by atoms with Crippen molar-refractivity contribution in [3.63, 3.8) is 0 Å². The van der Waals surface area contributed by atoms with E-state index < -0.39 is 0 Å². The Bertz CT molecular complexity index is 134. The molecule has 0 rings (SSSR count). The van der Waals surface area contributed by atoms with Gasteiger partial charge in [-0.1, -0.05) is 0 Å². The van der Waals surface area contributed by atoms with E-state index >= 15 is 0 Å². The van der Waals surface area contributed by atoms with Crippen LogP contribution in [0.3, 0.4) is 0 Å². The minimum Gasteiger partial charge on any atom is -0.393 e. The van der Waals surface area contributed by atoms with Gasteiger partial charge in [0.05, 0.1) is 17.8 Å². The molecule has 0 bridgehead atoms. The van der Waals surface area contributed by atoms with E-state index in [2.05, 4.69) is 22.4 Å². The summed E-state index contributed by atoms with van der Waals surface area (Å²) in [5.41, 5.74) is 0. The zero-order valence-electron chi connectivity index (χ0n) is 6.62. The smallest absolute Gasteiger partial charge is 0.0584 e. The second kappa shape index (κ2) is 8.21. The fourth-order valence-corrected chi connectivity index (χ4v) is 1.26. The number of nitrogens with zero attached hydrogens (tertiary/aromatic N) is 1. The SMILES string of the molecule is CSCCC(O)CCN=C=S. The van der Waals surface area contributed by atoms with Crippen LogP contribution in [0.1, 0.15) is 12.8 Å². The van der Waals surface area contributed by atoms with Crippen molar-refractivity contribution in [1.29, 1.82) is 0 Å². The van der Waals surface area contributed by atoms with Crippen molar-refractivity contribution in [1.82, 2.24) is 0 Å². The summed E-state index contributed by atoms with van der Waals surface area (Å²) in [5.74, 6) is 1.00. The van der Waals surface area contributed by atoms with E-state index in [0.29, 0.717) is 13.0 Å². The van der Waals surface area contributed by atoms with E-state index in [1.807, 2.05) is 6.26 Å². The number of hydrogen-bond acceptors (Lipinski definition) is 4. The van der Waals surface area contributed by atoms with Crippen molar-refractivity contribution < 1.29 is 5.11 Å². The molecule has 4 heteroatoms. The van der Waals surface area contributed by atoms with Gasteiger partial charge in [-0.2, -0.15) is 11.8 Å². The van der Waals surface area contributed by atoms with Gasteiger partial charge in [0.1, 0.15) is 0 Å². The Morgan fingerprint density at radius 2 is 2.36 bits per heavy atom. The van der Waals surface area contributed by atoms with Crippen molar-refractivity contribution in [3.05, 3.63) is 0 Å². The summed E-state index contributed by atoms with van der Waals surface area (Å²) in [6, 6.07) is 0. The molecule has 0 aliphatic rings. The highest BCUT2D eigenvalue weighted by molar-refractivity contribution is 7.98. The molecule has 0 spiro atoms. The molecule has 0 amide bonds. The molecule has 0 aromatic heterocycles. The second-order valence-electron chi connectivity index (χ2n) is 2.20. The summed E-state index contributed by atoms with van der Waals surface area (Å²) < 4.78 is 0. The van der Waals surface area contributed by atoms with Gasteiger partial charge in [0.15, 0.2) is 0 Å². The van der Waals surface area contributed by atoms with Gasteiger partial charge in [-0.3, -0.25) is 0 Å². The van der Waals surface area contributed by atoms with E-state index in [-0.39, 0.29) is 6.10 Å². The van der Waals surface area contributed by atoms with Crippen LogP contribution in [0.5, 0.6) is 0 Å². The molecule has 1 unspecified atom stereocenters. The highest BCUT2D eigenvalue weighted by Crippen LogP contribution is 2.03. The second-order valence-corrected chi connectivity index (χ2v) is 3.37. The van der Waals surface area contributed by atoms with Crippen molar-refractivity contribution in [2.24, 2.45) is 4.99 Å². The number of rotatable bonds is 6.